The Labute approximate surface area is 81.0 Å². The van der Waals surface area contributed by atoms with E-state index in [2.05, 4.69) is 10.3 Å². The van der Waals surface area contributed by atoms with Gasteiger partial charge in [0.25, 0.3) is 0 Å². The number of hydrogen-bond donors (Lipinski definition) is 1. The van der Waals surface area contributed by atoms with E-state index in [0.29, 0.717) is 19.6 Å². The second kappa shape index (κ2) is 4.16. The van der Waals surface area contributed by atoms with Crippen molar-refractivity contribution in [1.82, 2.24) is 10.2 Å². The smallest absolute Gasteiger partial charge is 0.348 e. The molecule has 82 valence electrons. The first kappa shape index (κ1) is 11.3. The Bertz CT molecular complexity index is 224. The van der Waals surface area contributed by atoms with Crippen LogP contribution in [0.15, 0.2) is 4.99 Å². The van der Waals surface area contributed by atoms with Crippen LogP contribution in [0.4, 0.5) is 13.2 Å². The fourth-order valence-corrected chi connectivity index (χ4v) is 1.57. The molecule has 1 unspecified atom stereocenters. The summed E-state index contributed by atoms with van der Waals surface area (Å²) >= 11 is 0. The van der Waals surface area contributed by atoms with Gasteiger partial charge in [-0.1, -0.05) is 0 Å². The largest absolute Gasteiger partial charge is 0.449 e. The number of rotatable bonds is 0. The van der Waals surface area contributed by atoms with E-state index >= 15 is 0 Å². The zero-order valence-corrected chi connectivity index (χ0v) is 8.23. The van der Waals surface area contributed by atoms with Crippen LogP contribution in [-0.2, 0) is 0 Å². The molecule has 1 aliphatic heterocycles. The van der Waals surface area contributed by atoms with Gasteiger partial charge >= 0.3 is 6.18 Å². The lowest BCUT2D eigenvalue weighted by Crippen LogP contribution is -2.55. The Balaban J connectivity index is 2.79. The molecule has 0 radical (unpaired) electrons. The molecule has 0 saturated carbocycles. The van der Waals surface area contributed by atoms with Crippen LogP contribution in [-0.4, -0.2) is 49.6 Å². The number of nitrogens with zero attached hydrogens (tertiary/aromatic N) is 2. The van der Waals surface area contributed by atoms with Gasteiger partial charge in [-0.15, -0.1) is 0 Å². The Morgan fingerprint density at radius 2 is 2.14 bits per heavy atom. The lowest BCUT2D eigenvalue weighted by atomic mass is 10.2. The average molecular weight is 209 g/mol. The summed E-state index contributed by atoms with van der Waals surface area (Å²) in [4.78, 5) is 4.63. The van der Waals surface area contributed by atoms with Crippen LogP contribution in [0.1, 0.15) is 6.92 Å². The molecule has 1 N–H and O–H groups in total. The van der Waals surface area contributed by atoms with Gasteiger partial charge in [0.2, 0.25) is 5.84 Å². The van der Waals surface area contributed by atoms with Crippen LogP contribution in [0.25, 0.3) is 0 Å². The molecule has 0 amide bonds. The second-order valence-corrected chi connectivity index (χ2v) is 3.29. The van der Waals surface area contributed by atoms with Crippen molar-refractivity contribution in [3.8, 4) is 0 Å². The molecule has 0 aliphatic carbocycles. The van der Waals surface area contributed by atoms with Gasteiger partial charge in [-0.05, 0) is 6.92 Å². The Morgan fingerprint density at radius 1 is 1.50 bits per heavy atom. The quantitative estimate of drug-likeness (QED) is 0.473. The Hall–Kier alpha value is -0.780. The van der Waals surface area contributed by atoms with Crippen molar-refractivity contribution < 1.29 is 13.2 Å². The SMILES string of the molecule is CN=C(N1CCNCC1C)C(F)(F)F. The monoisotopic (exact) mass is 209 g/mol. The van der Waals surface area contributed by atoms with Gasteiger partial charge < -0.3 is 10.2 Å². The molecule has 1 heterocycles. The van der Waals surface area contributed by atoms with E-state index in [-0.39, 0.29) is 6.04 Å². The van der Waals surface area contributed by atoms with Gasteiger partial charge in [0.05, 0.1) is 0 Å². The Kier molecular flexibility index (Phi) is 3.36. The topological polar surface area (TPSA) is 27.6 Å². The van der Waals surface area contributed by atoms with Crippen molar-refractivity contribution in [1.29, 1.82) is 0 Å². The van der Waals surface area contributed by atoms with Gasteiger partial charge in [-0.2, -0.15) is 13.2 Å². The molecule has 0 aromatic rings. The van der Waals surface area contributed by atoms with Crippen molar-refractivity contribution >= 4 is 5.84 Å². The van der Waals surface area contributed by atoms with Gasteiger partial charge in [0, 0.05) is 32.7 Å². The molecule has 1 saturated heterocycles. The standard InChI is InChI=1S/C8H14F3N3/c1-6-5-13-3-4-14(6)7(12-2)8(9,10)11/h6,13H,3-5H2,1-2H3. The molecule has 1 atom stereocenters. The van der Waals surface area contributed by atoms with Crippen LogP contribution < -0.4 is 5.32 Å². The van der Waals surface area contributed by atoms with Crippen LogP contribution in [0.5, 0.6) is 0 Å². The maximum atomic E-state index is 12.5. The molecule has 1 fully saturated rings. The predicted molar refractivity (Wildman–Crippen MR) is 48.5 cm³/mol. The van der Waals surface area contributed by atoms with E-state index in [1.54, 1.807) is 6.92 Å². The second-order valence-electron chi connectivity index (χ2n) is 3.29. The molecule has 1 aliphatic rings. The van der Waals surface area contributed by atoms with Crippen molar-refractivity contribution in [2.24, 2.45) is 4.99 Å². The van der Waals surface area contributed by atoms with Crippen LogP contribution in [0.3, 0.4) is 0 Å². The molecular weight excluding hydrogens is 195 g/mol. The highest BCUT2D eigenvalue weighted by atomic mass is 19.4. The number of hydrogen-bond acceptors (Lipinski definition) is 2. The van der Waals surface area contributed by atoms with Crippen LogP contribution in [0.2, 0.25) is 0 Å². The molecule has 1 rings (SSSR count). The number of alkyl halides is 3. The lowest BCUT2D eigenvalue weighted by molar-refractivity contribution is -0.0713. The summed E-state index contributed by atoms with van der Waals surface area (Å²) in [5, 5.41) is 3.03. The van der Waals surface area contributed by atoms with Crippen molar-refractivity contribution in [2.75, 3.05) is 26.7 Å². The molecular formula is C8H14F3N3. The molecule has 0 aromatic heterocycles. The Morgan fingerprint density at radius 3 is 2.57 bits per heavy atom. The van der Waals surface area contributed by atoms with Gasteiger partial charge in [0.15, 0.2) is 0 Å². The van der Waals surface area contributed by atoms with Gasteiger partial charge in [-0.25, -0.2) is 0 Å². The highest BCUT2D eigenvalue weighted by molar-refractivity contribution is 5.87. The van der Waals surface area contributed by atoms with Crippen molar-refractivity contribution in [3.63, 3.8) is 0 Å². The fourth-order valence-electron chi connectivity index (χ4n) is 1.57. The zero-order chi connectivity index (χ0) is 10.8. The third kappa shape index (κ3) is 2.37. The van der Waals surface area contributed by atoms with E-state index in [1.807, 2.05) is 0 Å². The molecule has 0 aromatic carbocycles. The number of amidine groups is 1. The highest BCUT2D eigenvalue weighted by Gasteiger charge is 2.41. The van der Waals surface area contributed by atoms with Crippen molar-refractivity contribution in [2.45, 2.75) is 19.1 Å². The van der Waals surface area contributed by atoms with E-state index in [1.165, 1.54) is 11.9 Å². The molecule has 0 spiro atoms. The first-order valence-electron chi connectivity index (χ1n) is 4.48. The summed E-state index contributed by atoms with van der Waals surface area (Å²) < 4.78 is 37.5. The lowest BCUT2D eigenvalue weighted by Gasteiger charge is -2.36. The predicted octanol–water partition coefficient (Wildman–Crippen LogP) is 0.871. The third-order valence-corrected chi connectivity index (χ3v) is 2.24. The summed E-state index contributed by atoms with van der Waals surface area (Å²) in [6.45, 7) is 3.24. The number of aliphatic imine (C=N–C) groups is 1. The molecule has 6 heteroatoms. The number of piperazine rings is 1. The molecule has 3 nitrogen and oxygen atoms in total. The molecule has 0 bridgehead atoms. The minimum Gasteiger partial charge on any atom is -0.348 e. The maximum Gasteiger partial charge on any atom is 0.449 e. The van der Waals surface area contributed by atoms with Crippen LogP contribution in [0, 0.1) is 0 Å². The first-order valence-corrected chi connectivity index (χ1v) is 4.48. The fraction of sp³-hybridized carbons (Fsp3) is 0.875. The summed E-state index contributed by atoms with van der Waals surface area (Å²) in [5.41, 5.74) is 0. The normalized spacial score (nSPS) is 25.4. The summed E-state index contributed by atoms with van der Waals surface area (Å²) in [5.74, 6) is -0.772. The minimum atomic E-state index is -4.35. The third-order valence-electron chi connectivity index (χ3n) is 2.24. The highest BCUT2D eigenvalue weighted by Crippen LogP contribution is 2.21. The summed E-state index contributed by atoms with van der Waals surface area (Å²) in [7, 11) is 1.18. The number of nitrogens with one attached hydrogen (secondary N) is 1. The van der Waals surface area contributed by atoms with Crippen LogP contribution >= 0.6 is 0 Å². The minimum absolute atomic E-state index is 0.163. The molecule has 14 heavy (non-hydrogen) atoms. The van der Waals surface area contributed by atoms with E-state index in [0.717, 1.165) is 0 Å². The van der Waals surface area contributed by atoms with Gasteiger partial charge in [0.1, 0.15) is 0 Å². The zero-order valence-electron chi connectivity index (χ0n) is 8.23. The maximum absolute atomic E-state index is 12.5. The van der Waals surface area contributed by atoms with E-state index in [9.17, 15) is 13.2 Å². The average Bonchev–Trinajstić information content (AvgIpc) is 2.07. The first-order chi connectivity index (χ1) is 6.46. The number of halogens is 3. The summed E-state index contributed by atoms with van der Waals surface area (Å²) in [6.07, 6.45) is -4.35. The van der Waals surface area contributed by atoms with Crippen molar-refractivity contribution in [3.05, 3.63) is 0 Å². The van der Waals surface area contributed by atoms with E-state index < -0.39 is 12.0 Å². The summed E-state index contributed by atoms with van der Waals surface area (Å²) in [6, 6.07) is -0.163. The van der Waals surface area contributed by atoms with E-state index in [4.69, 9.17) is 0 Å². The van der Waals surface area contributed by atoms with Gasteiger partial charge in [-0.3, -0.25) is 4.99 Å².